The van der Waals surface area contributed by atoms with Crippen LogP contribution in [0.4, 0.5) is 4.39 Å². The Morgan fingerprint density at radius 3 is 3.00 bits per heavy atom. The zero-order valence-electron chi connectivity index (χ0n) is 11.4. The lowest BCUT2D eigenvalue weighted by molar-refractivity contribution is -0.0528. The zero-order chi connectivity index (χ0) is 13.8. The molecule has 0 aliphatic carbocycles. The molecule has 4 nitrogen and oxygen atoms in total. The molecule has 1 aliphatic rings. The lowest BCUT2D eigenvalue weighted by Crippen LogP contribution is -2.47. The molecule has 3 unspecified atom stereocenters. The van der Waals surface area contributed by atoms with Crippen LogP contribution in [0.2, 0.25) is 0 Å². The fraction of sp³-hybridized carbons (Fsp3) is 0.643. The second kappa shape index (κ2) is 6.41. The van der Waals surface area contributed by atoms with Crippen molar-refractivity contribution in [1.29, 1.82) is 0 Å². The third-order valence-corrected chi connectivity index (χ3v) is 3.52. The molecule has 1 saturated heterocycles. The van der Waals surface area contributed by atoms with Crippen LogP contribution in [0.15, 0.2) is 18.3 Å². The van der Waals surface area contributed by atoms with Gasteiger partial charge >= 0.3 is 0 Å². The molecule has 1 aromatic heterocycles. The van der Waals surface area contributed by atoms with Crippen LogP contribution in [0.25, 0.3) is 0 Å². The number of morpholine rings is 1. The van der Waals surface area contributed by atoms with Crippen molar-refractivity contribution in [3.8, 4) is 0 Å². The third kappa shape index (κ3) is 3.96. The summed E-state index contributed by atoms with van der Waals surface area (Å²) in [6.07, 6.45) is 1.32. The number of halogens is 1. The van der Waals surface area contributed by atoms with E-state index in [1.165, 1.54) is 12.1 Å². The fourth-order valence-electron chi connectivity index (χ4n) is 2.30. The number of ether oxygens (including phenoxy) is 1. The van der Waals surface area contributed by atoms with Crippen LogP contribution in [0.3, 0.4) is 0 Å². The quantitative estimate of drug-likeness (QED) is 0.903. The maximum Gasteiger partial charge on any atom is 0.141 e. The highest BCUT2D eigenvalue weighted by Gasteiger charge is 2.23. The predicted molar refractivity (Wildman–Crippen MR) is 70.2 cm³/mol. The minimum absolute atomic E-state index is 0.234. The minimum Gasteiger partial charge on any atom is -0.387 e. The van der Waals surface area contributed by atoms with Crippen molar-refractivity contribution >= 4 is 0 Å². The monoisotopic (exact) mass is 268 g/mol. The molecule has 5 heteroatoms. The summed E-state index contributed by atoms with van der Waals surface area (Å²) in [5.41, 5.74) is 0.523. The molecule has 0 aromatic carbocycles. The van der Waals surface area contributed by atoms with Crippen LogP contribution in [-0.2, 0) is 4.74 Å². The Labute approximate surface area is 113 Å². The smallest absolute Gasteiger partial charge is 0.141 e. The molecule has 0 radical (unpaired) electrons. The third-order valence-electron chi connectivity index (χ3n) is 3.52. The summed E-state index contributed by atoms with van der Waals surface area (Å²) in [7, 11) is 0. The molecule has 1 fully saturated rings. The van der Waals surface area contributed by atoms with Crippen LogP contribution in [0, 0.1) is 5.82 Å². The molecular formula is C14H21FN2O2. The Morgan fingerprint density at radius 2 is 2.32 bits per heavy atom. The highest BCUT2D eigenvalue weighted by Crippen LogP contribution is 2.18. The summed E-state index contributed by atoms with van der Waals surface area (Å²) < 4.78 is 18.3. The average molecular weight is 268 g/mol. The minimum atomic E-state index is -0.647. The summed E-state index contributed by atoms with van der Waals surface area (Å²) in [5, 5.41) is 10.1. The fourth-order valence-corrected chi connectivity index (χ4v) is 2.30. The van der Waals surface area contributed by atoms with E-state index < -0.39 is 6.10 Å². The van der Waals surface area contributed by atoms with Crippen molar-refractivity contribution in [2.75, 3.05) is 19.7 Å². The van der Waals surface area contributed by atoms with Crippen LogP contribution >= 0.6 is 0 Å². The van der Waals surface area contributed by atoms with Crippen molar-refractivity contribution in [3.05, 3.63) is 29.8 Å². The van der Waals surface area contributed by atoms with Crippen molar-refractivity contribution < 1.29 is 14.2 Å². The van der Waals surface area contributed by atoms with Gasteiger partial charge in [0.15, 0.2) is 0 Å². The average Bonchev–Trinajstić information content (AvgIpc) is 2.40. The van der Waals surface area contributed by atoms with Crippen molar-refractivity contribution in [2.45, 2.75) is 38.5 Å². The molecule has 0 saturated carbocycles. The van der Waals surface area contributed by atoms with Crippen molar-refractivity contribution in [2.24, 2.45) is 0 Å². The van der Waals surface area contributed by atoms with Gasteiger partial charge in [0.25, 0.3) is 0 Å². The summed E-state index contributed by atoms with van der Waals surface area (Å²) in [4.78, 5) is 6.21. The molecule has 0 amide bonds. The number of nitrogens with zero attached hydrogens (tertiary/aromatic N) is 2. The number of hydrogen-bond donors (Lipinski definition) is 1. The number of hydrogen-bond acceptors (Lipinski definition) is 4. The van der Waals surface area contributed by atoms with Crippen molar-refractivity contribution in [3.63, 3.8) is 0 Å². The molecule has 2 heterocycles. The molecule has 3 atom stereocenters. The van der Waals surface area contributed by atoms with Gasteiger partial charge in [0, 0.05) is 19.1 Å². The van der Waals surface area contributed by atoms with E-state index in [-0.39, 0.29) is 11.9 Å². The first kappa shape index (κ1) is 14.4. The first-order valence-electron chi connectivity index (χ1n) is 6.71. The first-order chi connectivity index (χ1) is 9.06. The van der Waals surface area contributed by atoms with E-state index >= 15 is 0 Å². The zero-order valence-corrected chi connectivity index (χ0v) is 11.4. The highest BCUT2D eigenvalue weighted by atomic mass is 19.1. The summed E-state index contributed by atoms with van der Waals surface area (Å²) in [6.45, 7) is 6.57. The summed E-state index contributed by atoms with van der Waals surface area (Å²) in [5.74, 6) is -0.383. The summed E-state index contributed by atoms with van der Waals surface area (Å²) >= 11 is 0. The van der Waals surface area contributed by atoms with E-state index in [9.17, 15) is 9.50 Å². The molecule has 1 aliphatic heterocycles. The van der Waals surface area contributed by atoms with Crippen molar-refractivity contribution in [1.82, 2.24) is 9.88 Å². The number of pyridine rings is 1. The number of aliphatic hydroxyl groups excluding tert-OH is 1. The largest absolute Gasteiger partial charge is 0.387 e. The molecule has 106 valence electrons. The van der Waals surface area contributed by atoms with Gasteiger partial charge in [-0.05, 0) is 32.4 Å². The molecule has 19 heavy (non-hydrogen) atoms. The molecular weight excluding hydrogens is 247 g/mol. The Bertz CT molecular complexity index is 399. The Kier molecular flexibility index (Phi) is 4.85. The SMILES string of the molecule is CC1CN(CCC(O)c2ccc(F)cn2)C(C)CO1. The van der Waals surface area contributed by atoms with Gasteiger partial charge < -0.3 is 9.84 Å². The van der Waals surface area contributed by atoms with Gasteiger partial charge in [-0.3, -0.25) is 9.88 Å². The van der Waals surface area contributed by atoms with Crippen LogP contribution in [-0.4, -0.2) is 46.8 Å². The highest BCUT2D eigenvalue weighted by molar-refractivity contribution is 5.08. The van der Waals surface area contributed by atoms with Gasteiger partial charge in [-0.25, -0.2) is 4.39 Å². The van der Waals surface area contributed by atoms with Gasteiger partial charge in [0.05, 0.1) is 30.7 Å². The second-order valence-corrected chi connectivity index (χ2v) is 5.19. The predicted octanol–water partition coefficient (Wildman–Crippen LogP) is 1.75. The van der Waals surface area contributed by atoms with Gasteiger partial charge in [-0.1, -0.05) is 0 Å². The number of aromatic nitrogens is 1. The standard InChI is InChI=1S/C14H21FN2O2/c1-10-9-19-11(2)8-17(10)6-5-14(18)13-4-3-12(15)7-16-13/h3-4,7,10-11,14,18H,5-6,8-9H2,1-2H3. The first-order valence-corrected chi connectivity index (χ1v) is 6.71. The van der Waals surface area contributed by atoms with Gasteiger partial charge in [-0.15, -0.1) is 0 Å². The van der Waals surface area contributed by atoms with E-state index in [1.54, 1.807) is 0 Å². The van der Waals surface area contributed by atoms with E-state index in [2.05, 4.69) is 23.7 Å². The lowest BCUT2D eigenvalue weighted by Gasteiger charge is -2.37. The maximum atomic E-state index is 12.8. The molecule has 0 spiro atoms. The summed E-state index contributed by atoms with van der Waals surface area (Å²) in [6, 6.07) is 3.22. The normalized spacial score (nSPS) is 26.3. The van der Waals surface area contributed by atoms with Crippen LogP contribution < -0.4 is 0 Å². The Morgan fingerprint density at radius 1 is 1.53 bits per heavy atom. The molecule has 2 rings (SSSR count). The molecule has 0 bridgehead atoms. The Hall–Kier alpha value is -1.04. The maximum absolute atomic E-state index is 12.8. The van der Waals surface area contributed by atoms with E-state index in [0.29, 0.717) is 18.2 Å². The number of aliphatic hydroxyl groups is 1. The molecule has 1 N–H and O–H groups in total. The van der Waals surface area contributed by atoms with Gasteiger partial charge in [0.1, 0.15) is 5.82 Å². The van der Waals surface area contributed by atoms with E-state index in [0.717, 1.165) is 25.9 Å². The second-order valence-electron chi connectivity index (χ2n) is 5.19. The van der Waals surface area contributed by atoms with Gasteiger partial charge in [0.2, 0.25) is 0 Å². The van der Waals surface area contributed by atoms with Crippen LogP contribution in [0.5, 0.6) is 0 Å². The van der Waals surface area contributed by atoms with E-state index in [4.69, 9.17) is 4.74 Å². The van der Waals surface area contributed by atoms with Crippen LogP contribution in [0.1, 0.15) is 32.1 Å². The number of rotatable bonds is 4. The topological polar surface area (TPSA) is 45.6 Å². The van der Waals surface area contributed by atoms with Gasteiger partial charge in [-0.2, -0.15) is 0 Å². The Balaban J connectivity index is 1.85. The molecule has 1 aromatic rings. The van der Waals surface area contributed by atoms with E-state index in [1.807, 2.05) is 0 Å². The lowest BCUT2D eigenvalue weighted by atomic mass is 10.1.